The normalized spacial score (nSPS) is 10.6. The van der Waals surface area contributed by atoms with Crippen molar-refractivity contribution in [3.63, 3.8) is 0 Å². The van der Waals surface area contributed by atoms with Gasteiger partial charge in [0.2, 0.25) is 11.7 Å². The standard InChI is InChI=1S/C21H20N2O4/c1-4-27-21(26)23-17-12-13(2)10-11-16(17)18(22-14(3)24)19(23)20(25)15-8-6-5-7-9-15/h5-12H,4H2,1-3H3,(H,22,24). The second kappa shape index (κ2) is 7.45. The van der Waals surface area contributed by atoms with Crippen LogP contribution in [0.2, 0.25) is 0 Å². The Morgan fingerprint density at radius 1 is 1.07 bits per heavy atom. The van der Waals surface area contributed by atoms with Gasteiger partial charge in [-0.3, -0.25) is 9.59 Å². The fraction of sp³-hybridized carbons (Fsp3) is 0.190. The molecule has 2 aromatic carbocycles. The van der Waals surface area contributed by atoms with Gasteiger partial charge < -0.3 is 10.1 Å². The average Bonchev–Trinajstić information content (AvgIpc) is 2.94. The highest BCUT2D eigenvalue weighted by molar-refractivity contribution is 6.20. The Hall–Kier alpha value is -3.41. The van der Waals surface area contributed by atoms with Crippen LogP contribution in [0.3, 0.4) is 0 Å². The zero-order valence-electron chi connectivity index (χ0n) is 15.4. The molecule has 6 nitrogen and oxygen atoms in total. The van der Waals surface area contributed by atoms with Crippen molar-refractivity contribution in [1.29, 1.82) is 0 Å². The minimum Gasteiger partial charge on any atom is -0.449 e. The van der Waals surface area contributed by atoms with E-state index in [-0.39, 0.29) is 24.0 Å². The smallest absolute Gasteiger partial charge is 0.419 e. The minimum atomic E-state index is -0.663. The number of fused-ring (bicyclic) bond motifs is 1. The van der Waals surface area contributed by atoms with Crippen molar-refractivity contribution in [3.05, 3.63) is 65.4 Å². The number of ether oxygens (including phenoxy) is 1. The second-order valence-electron chi connectivity index (χ2n) is 6.15. The maximum absolute atomic E-state index is 13.3. The summed E-state index contributed by atoms with van der Waals surface area (Å²) >= 11 is 0. The summed E-state index contributed by atoms with van der Waals surface area (Å²) in [6.07, 6.45) is -0.663. The van der Waals surface area contributed by atoms with Gasteiger partial charge in [-0.2, -0.15) is 0 Å². The van der Waals surface area contributed by atoms with Crippen LogP contribution in [-0.2, 0) is 9.53 Å². The van der Waals surface area contributed by atoms with E-state index in [1.807, 2.05) is 13.0 Å². The molecule has 3 rings (SSSR count). The zero-order chi connectivity index (χ0) is 19.6. The molecule has 1 heterocycles. The summed E-state index contributed by atoms with van der Waals surface area (Å²) in [6.45, 7) is 5.11. The molecule has 0 unspecified atom stereocenters. The number of rotatable bonds is 4. The molecule has 0 aliphatic carbocycles. The molecular weight excluding hydrogens is 344 g/mol. The lowest BCUT2D eigenvalue weighted by molar-refractivity contribution is -0.114. The van der Waals surface area contributed by atoms with Crippen molar-refractivity contribution in [2.45, 2.75) is 20.8 Å². The number of aryl methyl sites for hydroxylation is 1. The molecule has 27 heavy (non-hydrogen) atoms. The molecule has 0 saturated carbocycles. The third kappa shape index (κ3) is 3.46. The molecule has 6 heteroatoms. The van der Waals surface area contributed by atoms with Gasteiger partial charge in [0.1, 0.15) is 5.69 Å². The molecule has 0 aliphatic rings. The first kappa shape index (κ1) is 18.4. The number of hydrogen-bond acceptors (Lipinski definition) is 4. The summed E-state index contributed by atoms with van der Waals surface area (Å²) in [4.78, 5) is 37.7. The molecule has 0 fully saturated rings. The highest BCUT2D eigenvalue weighted by Gasteiger charge is 2.28. The van der Waals surface area contributed by atoms with E-state index in [0.717, 1.165) is 5.56 Å². The van der Waals surface area contributed by atoms with Crippen molar-refractivity contribution in [2.24, 2.45) is 0 Å². The number of anilines is 1. The van der Waals surface area contributed by atoms with Crippen LogP contribution in [0, 0.1) is 6.92 Å². The summed E-state index contributed by atoms with van der Waals surface area (Å²) in [6, 6.07) is 14.1. The Kier molecular flexibility index (Phi) is 5.07. The highest BCUT2D eigenvalue weighted by Crippen LogP contribution is 2.34. The number of carbonyl (C=O) groups excluding carboxylic acids is 3. The first-order valence-electron chi connectivity index (χ1n) is 8.63. The summed E-state index contributed by atoms with van der Waals surface area (Å²) in [5.41, 5.74) is 2.22. The number of nitrogens with zero attached hydrogens (tertiary/aromatic N) is 1. The zero-order valence-corrected chi connectivity index (χ0v) is 15.4. The third-order valence-corrected chi connectivity index (χ3v) is 4.13. The number of aromatic nitrogens is 1. The van der Waals surface area contributed by atoms with Gasteiger partial charge >= 0.3 is 6.09 Å². The van der Waals surface area contributed by atoms with Crippen LogP contribution in [0.5, 0.6) is 0 Å². The Balaban J connectivity index is 2.36. The van der Waals surface area contributed by atoms with E-state index >= 15 is 0 Å². The maximum atomic E-state index is 13.3. The van der Waals surface area contributed by atoms with Gasteiger partial charge in [0.05, 0.1) is 17.8 Å². The van der Waals surface area contributed by atoms with Crippen LogP contribution in [0.25, 0.3) is 10.9 Å². The van der Waals surface area contributed by atoms with E-state index in [2.05, 4.69) is 5.32 Å². The molecule has 0 saturated heterocycles. The molecule has 1 amide bonds. The van der Waals surface area contributed by atoms with Crippen molar-refractivity contribution >= 4 is 34.4 Å². The number of carbonyl (C=O) groups is 3. The van der Waals surface area contributed by atoms with Crippen molar-refractivity contribution in [1.82, 2.24) is 4.57 Å². The first-order chi connectivity index (χ1) is 12.9. The SMILES string of the molecule is CCOC(=O)n1c(C(=O)c2ccccc2)c(NC(C)=O)c2ccc(C)cc21. The lowest BCUT2D eigenvalue weighted by Gasteiger charge is -2.10. The van der Waals surface area contributed by atoms with E-state index in [0.29, 0.717) is 22.2 Å². The third-order valence-electron chi connectivity index (χ3n) is 4.13. The van der Waals surface area contributed by atoms with Crippen molar-refractivity contribution in [2.75, 3.05) is 11.9 Å². The molecule has 1 aromatic heterocycles. The number of amides is 1. The highest BCUT2D eigenvalue weighted by atomic mass is 16.5. The van der Waals surface area contributed by atoms with Crippen LogP contribution in [-0.4, -0.2) is 29.0 Å². The van der Waals surface area contributed by atoms with E-state index in [1.165, 1.54) is 11.5 Å². The molecule has 138 valence electrons. The van der Waals surface area contributed by atoms with Crippen LogP contribution in [0.4, 0.5) is 10.5 Å². The number of hydrogen-bond donors (Lipinski definition) is 1. The molecular formula is C21H20N2O4. The molecule has 0 spiro atoms. The predicted octanol–water partition coefficient (Wildman–Crippen LogP) is 4.14. The summed E-state index contributed by atoms with van der Waals surface area (Å²) in [5.74, 6) is -0.707. The fourth-order valence-corrected chi connectivity index (χ4v) is 3.02. The predicted molar refractivity (Wildman–Crippen MR) is 103 cm³/mol. The summed E-state index contributed by atoms with van der Waals surface area (Å²) < 4.78 is 6.42. The van der Waals surface area contributed by atoms with Crippen LogP contribution >= 0.6 is 0 Å². The fourth-order valence-electron chi connectivity index (χ4n) is 3.02. The Bertz CT molecular complexity index is 1040. The molecule has 1 N–H and O–H groups in total. The lowest BCUT2D eigenvalue weighted by Crippen LogP contribution is -2.21. The molecule has 0 bridgehead atoms. The van der Waals surface area contributed by atoms with E-state index in [1.54, 1.807) is 49.4 Å². The Morgan fingerprint density at radius 2 is 1.78 bits per heavy atom. The van der Waals surface area contributed by atoms with Gasteiger partial charge in [-0.25, -0.2) is 9.36 Å². The minimum absolute atomic E-state index is 0.0791. The van der Waals surface area contributed by atoms with E-state index < -0.39 is 6.09 Å². The van der Waals surface area contributed by atoms with Gasteiger partial charge in [0, 0.05) is 17.9 Å². The van der Waals surface area contributed by atoms with E-state index in [9.17, 15) is 14.4 Å². The van der Waals surface area contributed by atoms with E-state index in [4.69, 9.17) is 4.74 Å². The largest absolute Gasteiger partial charge is 0.449 e. The van der Waals surface area contributed by atoms with Crippen molar-refractivity contribution < 1.29 is 19.1 Å². The average molecular weight is 364 g/mol. The van der Waals surface area contributed by atoms with Crippen molar-refractivity contribution in [3.8, 4) is 0 Å². The Labute approximate surface area is 156 Å². The maximum Gasteiger partial charge on any atom is 0.419 e. The topological polar surface area (TPSA) is 77.4 Å². The summed E-state index contributed by atoms with van der Waals surface area (Å²) in [5, 5.41) is 3.32. The van der Waals surface area contributed by atoms with Gasteiger partial charge in [0.25, 0.3) is 0 Å². The van der Waals surface area contributed by atoms with Crippen LogP contribution < -0.4 is 5.32 Å². The quantitative estimate of drug-likeness (QED) is 0.706. The Morgan fingerprint density at radius 3 is 2.41 bits per heavy atom. The molecule has 3 aromatic rings. The van der Waals surface area contributed by atoms with Gasteiger partial charge in [-0.05, 0) is 25.5 Å². The van der Waals surface area contributed by atoms with Gasteiger partial charge in [0.15, 0.2) is 0 Å². The van der Waals surface area contributed by atoms with Gasteiger partial charge in [-0.1, -0.05) is 42.5 Å². The van der Waals surface area contributed by atoms with Crippen LogP contribution in [0.1, 0.15) is 35.5 Å². The first-order valence-corrected chi connectivity index (χ1v) is 8.63. The number of ketones is 1. The number of nitrogens with one attached hydrogen (secondary N) is 1. The van der Waals surface area contributed by atoms with Gasteiger partial charge in [-0.15, -0.1) is 0 Å². The number of benzene rings is 2. The lowest BCUT2D eigenvalue weighted by atomic mass is 10.1. The summed E-state index contributed by atoms with van der Waals surface area (Å²) in [7, 11) is 0. The van der Waals surface area contributed by atoms with Crippen LogP contribution in [0.15, 0.2) is 48.5 Å². The molecule has 0 radical (unpaired) electrons. The molecule has 0 aliphatic heterocycles. The monoisotopic (exact) mass is 364 g/mol. The molecule has 0 atom stereocenters. The second-order valence-corrected chi connectivity index (χ2v) is 6.15.